The minimum atomic E-state index is -0.851. The summed E-state index contributed by atoms with van der Waals surface area (Å²) in [4.78, 5) is 34.3. The lowest BCUT2D eigenvalue weighted by atomic mass is 10.1. The minimum absolute atomic E-state index is 0.146. The van der Waals surface area contributed by atoms with E-state index in [1.165, 1.54) is 12.1 Å². The van der Waals surface area contributed by atoms with E-state index in [2.05, 4.69) is 10.6 Å². The fourth-order valence-corrected chi connectivity index (χ4v) is 1.48. The molecule has 0 spiro atoms. The van der Waals surface area contributed by atoms with Gasteiger partial charge >= 0.3 is 11.8 Å². The summed E-state index contributed by atoms with van der Waals surface area (Å²) in [6, 6.07) is 6.20. The van der Waals surface area contributed by atoms with Gasteiger partial charge < -0.3 is 21.1 Å². The molecule has 0 saturated carbocycles. The van der Waals surface area contributed by atoms with E-state index in [0.29, 0.717) is 19.6 Å². The zero-order chi connectivity index (χ0) is 15.0. The number of ether oxygens (including phenoxy) is 1. The van der Waals surface area contributed by atoms with Gasteiger partial charge in [-0.1, -0.05) is 12.1 Å². The monoisotopic (exact) mass is 279 g/mol. The van der Waals surface area contributed by atoms with E-state index in [0.717, 1.165) is 0 Å². The molecule has 0 aliphatic carbocycles. The summed E-state index contributed by atoms with van der Waals surface area (Å²) in [6.45, 7) is 0.823. The maximum atomic E-state index is 11.6. The van der Waals surface area contributed by atoms with Gasteiger partial charge in [-0.2, -0.15) is 0 Å². The van der Waals surface area contributed by atoms with Gasteiger partial charge in [0, 0.05) is 20.3 Å². The van der Waals surface area contributed by atoms with Crippen molar-refractivity contribution >= 4 is 23.4 Å². The van der Waals surface area contributed by atoms with Crippen LogP contribution in [0.2, 0.25) is 0 Å². The molecule has 0 aliphatic heterocycles. The summed E-state index contributed by atoms with van der Waals surface area (Å²) in [7, 11) is 1.55. The second-order valence-corrected chi connectivity index (χ2v) is 3.97. The van der Waals surface area contributed by atoms with E-state index < -0.39 is 17.7 Å². The van der Waals surface area contributed by atoms with Crippen molar-refractivity contribution in [2.24, 2.45) is 5.73 Å². The lowest BCUT2D eigenvalue weighted by Crippen LogP contribution is -2.36. The Bertz CT molecular complexity index is 502. The molecule has 0 fully saturated rings. The average Bonchev–Trinajstić information content (AvgIpc) is 2.43. The van der Waals surface area contributed by atoms with Crippen LogP contribution in [-0.4, -0.2) is 38.0 Å². The number of rotatable bonds is 6. The molecule has 7 heteroatoms. The van der Waals surface area contributed by atoms with Crippen molar-refractivity contribution in [3.8, 4) is 0 Å². The zero-order valence-electron chi connectivity index (χ0n) is 11.1. The Morgan fingerprint density at radius 2 is 1.90 bits per heavy atom. The molecule has 0 heterocycles. The Balaban J connectivity index is 2.58. The fourth-order valence-electron chi connectivity index (χ4n) is 1.48. The predicted octanol–water partition coefficient (Wildman–Crippen LogP) is -0.123. The highest BCUT2D eigenvalue weighted by atomic mass is 16.5. The average molecular weight is 279 g/mol. The van der Waals surface area contributed by atoms with Crippen LogP contribution in [-0.2, 0) is 14.3 Å². The molecule has 0 aliphatic rings. The first-order valence-corrected chi connectivity index (χ1v) is 6.03. The normalized spacial score (nSPS) is 9.85. The van der Waals surface area contributed by atoms with Gasteiger partial charge in [-0.15, -0.1) is 0 Å². The van der Waals surface area contributed by atoms with Crippen molar-refractivity contribution < 1.29 is 19.1 Å². The number of amides is 3. The van der Waals surface area contributed by atoms with Crippen LogP contribution in [0.5, 0.6) is 0 Å². The predicted molar refractivity (Wildman–Crippen MR) is 73.1 cm³/mol. The smallest absolute Gasteiger partial charge is 0.313 e. The molecule has 0 saturated heterocycles. The van der Waals surface area contributed by atoms with Crippen LogP contribution in [0.4, 0.5) is 5.69 Å². The molecule has 0 unspecified atom stereocenters. The summed E-state index contributed by atoms with van der Waals surface area (Å²) < 4.78 is 4.82. The Morgan fingerprint density at radius 1 is 1.20 bits per heavy atom. The molecule has 20 heavy (non-hydrogen) atoms. The van der Waals surface area contributed by atoms with Crippen molar-refractivity contribution in [1.82, 2.24) is 5.32 Å². The number of carbonyl (C=O) groups is 3. The summed E-state index contributed by atoms with van der Waals surface area (Å²) in [5.41, 5.74) is 5.53. The number of anilines is 1. The molecule has 1 aromatic carbocycles. The lowest BCUT2D eigenvalue weighted by Gasteiger charge is -2.08. The van der Waals surface area contributed by atoms with E-state index in [1.807, 2.05) is 0 Å². The Morgan fingerprint density at radius 3 is 2.55 bits per heavy atom. The number of carbonyl (C=O) groups excluding carboxylic acids is 3. The SMILES string of the molecule is COCCCNC(=O)C(=O)Nc1ccccc1C(N)=O. The molecule has 4 N–H and O–H groups in total. The number of hydrogen-bond acceptors (Lipinski definition) is 4. The summed E-state index contributed by atoms with van der Waals surface area (Å²) in [5, 5.41) is 4.79. The largest absolute Gasteiger partial charge is 0.385 e. The summed E-state index contributed by atoms with van der Waals surface area (Å²) >= 11 is 0. The third-order valence-electron chi connectivity index (χ3n) is 2.46. The van der Waals surface area contributed by atoms with Gasteiger partial charge in [-0.05, 0) is 18.6 Å². The van der Waals surface area contributed by atoms with Gasteiger partial charge in [0.2, 0.25) is 0 Å². The summed E-state index contributed by atoms with van der Waals surface area (Å²) in [6.07, 6.45) is 0.605. The van der Waals surface area contributed by atoms with Gasteiger partial charge in [-0.25, -0.2) is 0 Å². The van der Waals surface area contributed by atoms with Gasteiger partial charge in [0.1, 0.15) is 0 Å². The minimum Gasteiger partial charge on any atom is -0.385 e. The number of benzene rings is 1. The number of hydrogen-bond donors (Lipinski definition) is 3. The molecule has 0 bridgehead atoms. The van der Waals surface area contributed by atoms with Crippen molar-refractivity contribution in [2.75, 3.05) is 25.6 Å². The quantitative estimate of drug-likeness (QED) is 0.498. The highest BCUT2D eigenvalue weighted by Crippen LogP contribution is 2.13. The van der Waals surface area contributed by atoms with Gasteiger partial charge in [0.15, 0.2) is 0 Å². The fraction of sp³-hybridized carbons (Fsp3) is 0.308. The highest BCUT2D eigenvalue weighted by Gasteiger charge is 2.16. The van der Waals surface area contributed by atoms with Crippen LogP contribution in [0.1, 0.15) is 16.8 Å². The second-order valence-electron chi connectivity index (χ2n) is 3.97. The zero-order valence-corrected chi connectivity index (χ0v) is 11.1. The van der Waals surface area contributed by atoms with Gasteiger partial charge in [-0.3, -0.25) is 14.4 Å². The first-order valence-electron chi connectivity index (χ1n) is 6.03. The lowest BCUT2D eigenvalue weighted by molar-refractivity contribution is -0.136. The van der Waals surface area contributed by atoms with Crippen LogP contribution in [0.15, 0.2) is 24.3 Å². The highest BCUT2D eigenvalue weighted by molar-refractivity contribution is 6.40. The van der Waals surface area contributed by atoms with E-state index in [9.17, 15) is 14.4 Å². The van der Waals surface area contributed by atoms with Crippen LogP contribution in [0, 0.1) is 0 Å². The maximum Gasteiger partial charge on any atom is 0.313 e. The molecule has 1 rings (SSSR count). The van der Waals surface area contributed by atoms with Crippen LogP contribution < -0.4 is 16.4 Å². The molecule has 7 nitrogen and oxygen atoms in total. The van der Waals surface area contributed by atoms with E-state index in [-0.39, 0.29) is 11.3 Å². The van der Waals surface area contributed by atoms with E-state index in [1.54, 1.807) is 19.2 Å². The molecular formula is C13H17N3O4. The van der Waals surface area contributed by atoms with E-state index in [4.69, 9.17) is 10.5 Å². The number of para-hydroxylation sites is 1. The number of nitrogens with one attached hydrogen (secondary N) is 2. The van der Waals surface area contributed by atoms with Crippen molar-refractivity contribution in [1.29, 1.82) is 0 Å². The van der Waals surface area contributed by atoms with Crippen molar-refractivity contribution in [3.63, 3.8) is 0 Å². The Kier molecular flexibility index (Phi) is 6.18. The molecule has 0 aromatic heterocycles. The number of primary amides is 1. The van der Waals surface area contributed by atoms with E-state index >= 15 is 0 Å². The standard InChI is InChI=1S/C13H17N3O4/c1-20-8-4-7-15-12(18)13(19)16-10-6-3-2-5-9(10)11(14)17/h2-3,5-6H,4,7-8H2,1H3,(H2,14,17)(H,15,18)(H,16,19). The van der Waals surface area contributed by atoms with Crippen LogP contribution in [0.25, 0.3) is 0 Å². The maximum absolute atomic E-state index is 11.6. The van der Waals surface area contributed by atoms with Crippen molar-refractivity contribution in [2.45, 2.75) is 6.42 Å². The molecule has 0 atom stereocenters. The van der Waals surface area contributed by atoms with Crippen LogP contribution in [0.3, 0.4) is 0 Å². The molecular weight excluding hydrogens is 262 g/mol. The first-order chi connectivity index (χ1) is 9.56. The van der Waals surface area contributed by atoms with Crippen molar-refractivity contribution in [3.05, 3.63) is 29.8 Å². The summed E-state index contributed by atoms with van der Waals surface area (Å²) in [5.74, 6) is -2.31. The Labute approximate surface area is 116 Å². The van der Waals surface area contributed by atoms with Gasteiger partial charge in [0.05, 0.1) is 11.3 Å². The third-order valence-corrected chi connectivity index (χ3v) is 2.46. The second kappa shape index (κ2) is 7.90. The van der Waals surface area contributed by atoms with Gasteiger partial charge in [0.25, 0.3) is 5.91 Å². The third kappa shape index (κ3) is 4.69. The van der Waals surface area contributed by atoms with Crippen LogP contribution >= 0.6 is 0 Å². The molecule has 108 valence electrons. The number of nitrogens with two attached hydrogens (primary N) is 1. The molecule has 3 amide bonds. The number of methoxy groups -OCH3 is 1. The molecule has 1 aromatic rings. The first kappa shape index (κ1) is 15.6. The topological polar surface area (TPSA) is 111 Å². The molecule has 0 radical (unpaired) electrons. The Hall–Kier alpha value is -2.41.